The van der Waals surface area contributed by atoms with Gasteiger partial charge in [0.25, 0.3) is 0 Å². The lowest BCUT2D eigenvalue weighted by atomic mass is 10.4. The fourth-order valence-electron chi connectivity index (χ4n) is 0.417. The van der Waals surface area contributed by atoms with Crippen molar-refractivity contribution >= 4 is 15.6 Å². The van der Waals surface area contributed by atoms with E-state index in [1.165, 1.54) is 13.8 Å². The number of hydrogen-bond acceptors (Lipinski definition) is 4. The molecule has 0 fully saturated rings. The fourth-order valence-corrected chi connectivity index (χ4v) is 0.788. The van der Waals surface area contributed by atoms with Gasteiger partial charge in [-0.1, -0.05) is 25.2 Å². The van der Waals surface area contributed by atoms with E-state index in [0.29, 0.717) is 0 Å². The topological polar surface area (TPSA) is 75.0 Å². The second-order valence-corrected chi connectivity index (χ2v) is 4.29. The number of sulfone groups is 1. The number of Topliss-reactive ketones (excluding diaryl/α,β-unsaturated/α-hetero) is 1. The predicted octanol–water partition coefficient (Wildman–Crippen LogP) is 1.78. The van der Waals surface area contributed by atoms with Gasteiger partial charge in [0.1, 0.15) is 0 Å². The van der Waals surface area contributed by atoms with Gasteiger partial charge in [0.05, 0.1) is 6.26 Å². The molecule has 104 valence electrons. The Hall–Kier alpha value is -2.21. The van der Waals surface area contributed by atoms with Crippen LogP contribution in [0.2, 0.25) is 0 Å². The first-order chi connectivity index (χ1) is 8.24. The zero-order valence-corrected chi connectivity index (χ0v) is 11.9. The molecule has 0 aromatic carbocycles. The van der Waals surface area contributed by atoms with E-state index < -0.39 is 9.84 Å². The average Bonchev–Trinajstić information content (AvgIpc) is 2.18. The number of rotatable bonds is 0. The standard InChI is InChI=1S/C5H6O.C4H3N.C4H6O2S.CH4/c1-3-4-5(2)6;1-2-3-4-5;1-3-4-7(2,5)6;/h1-2H3;1H3;1-2H3;1H4. The number of nitrogens with zero attached hydrogens (tertiary/aromatic N) is 1. The number of carbonyl (C=O) groups excluding carboxylic acids is 1. The Morgan fingerprint density at radius 1 is 1.05 bits per heavy atom. The zero-order chi connectivity index (χ0) is 15.0. The highest BCUT2D eigenvalue weighted by molar-refractivity contribution is 7.95. The second-order valence-electron chi connectivity index (χ2n) is 2.54. The Morgan fingerprint density at radius 2 is 1.53 bits per heavy atom. The predicted molar refractivity (Wildman–Crippen MR) is 78.2 cm³/mol. The first-order valence-corrected chi connectivity index (χ1v) is 6.51. The van der Waals surface area contributed by atoms with E-state index in [0.717, 1.165) is 6.26 Å². The van der Waals surface area contributed by atoms with E-state index >= 15 is 0 Å². The maximum absolute atomic E-state index is 10.1. The van der Waals surface area contributed by atoms with Crippen molar-refractivity contribution in [3.63, 3.8) is 0 Å². The summed E-state index contributed by atoms with van der Waals surface area (Å²) in [7, 11) is -3.04. The smallest absolute Gasteiger partial charge is 0.213 e. The third-order valence-electron chi connectivity index (χ3n) is 0.769. The van der Waals surface area contributed by atoms with E-state index in [9.17, 15) is 13.2 Å². The van der Waals surface area contributed by atoms with Crippen LogP contribution in [0, 0.1) is 46.2 Å². The van der Waals surface area contributed by atoms with Crippen molar-refractivity contribution in [3.05, 3.63) is 0 Å². The van der Waals surface area contributed by atoms with Gasteiger partial charge in [-0.05, 0) is 26.7 Å². The number of hydrogen-bond donors (Lipinski definition) is 0. The summed E-state index contributed by atoms with van der Waals surface area (Å²) in [6, 6.07) is 1.66. The molecular formula is C14H19NO3S. The lowest BCUT2D eigenvalue weighted by Gasteiger charge is -1.72. The molecule has 0 bridgehead atoms. The Labute approximate surface area is 117 Å². The van der Waals surface area contributed by atoms with Gasteiger partial charge in [0.15, 0.2) is 6.07 Å². The Bertz CT molecular complexity index is 562. The normalized spacial score (nSPS) is 6.11. The van der Waals surface area contributed by atoms with Crippen molar-refractivity contribution in [2.24, 2.45) is 0 Å². The number of carbonyl (C=O) groups is 1. The van der Waals surface area contributed by atoms with Gasteiger partial charge in [-0.15, -0.1) is 0 Å². The maximum Gasteiger partial charge on any atom is 0.213 e. The molecule has 0 aliphatic heterocycles. The number of nitriles is 1. The lowest BCUT2D eigenvalue weighted by molar-refractivity contribution is -0.111. The molecule has 0 saturated carbocycles. The van der Waals surface area contributed by atoms with E-state index in [4.69, 9.17) is 5.26 Å². The van der Waals surface area contributed by atoms with E-state index in [1.54, 1.807) is 19.9 Å². The molecule has 4 nitrogen and oxygen atoms in total. The highest BCUT2D eigenvalue weighted by Gasteiger charge is 1.87. The molecule has 0 aromatic rings. The number of ketones is 1. The summed E-state index contributed by atoms with van der Waals surface area (Å²) >= 11 is 0. The molecule has 5 heteroatoms. The van der Waals surface area contributed by atoms with Gasteiger partial charge < -0.3 is 0 Å². The minimum absolute atomic E-state index is 0. The van der Waals surface area contributed by atoms with Gasteiger partial charge in [-0.2, -0.15) is 5.26 Å². The van der Waals surface area contributed by atoms with Crippen molar-refractivity contribution in [1.29, 1.82) is 5.26 Å². The third-order valence-corrected chi connectivity index (χ3v) is 1.34. The molecule has 0 N–H and O–H groups in total. The maximum atomic E-state index is 10.1. The molecule has 0 saturated heterocycles. The van der Waals surface area contributed by atoms with Crippen molar-refractivity contribution in [1.82, 2.24) is 0 Å². The summed E-state index contributed by atoms with van der Waals surface area (Å²) in [6.45, 7) is 6.20. The van der Waals surface area contributed by atoms with Gasteiger partial charge in [0.2, 0.25) is 15.6 Å². The van der Waals surface area contributed by atoms with Gasteiger partial charge >= 0.3 is 0 Å². The van der Waals surface area contributed by atoms with Crippen molar-refractivity contribution in [2.75, 3.05) is 6.26 Å². The van der Waals surface area contributed by atoms with Gasteiger partial charge in [0, 0.05) is 18.1 Å². The highest BCUT2D eigenvalue weighted by Crippen LogP contribution is 1.72. The van der Waals surface area contributed by atoms with Crippen LogP contribution in [-0.4, -0.2) is 20.5 Å². The van der Waals surface area contributed by atoms with Gasteiger partial charge in [-0.25, -0.2) is 8.42 Å². The Balaban J connectivity index is -0.0000000878. The quantitative estimate of drug-likeness (QED) is 0.385. The molecule has 0 radical (unpaired) electrons. The molecule has 0 atom stereocenters. The second kappa shape index (κ2) is 18.2. The van der Waals surface area contributed by atoms with E-state index in [-0.39, 0.29) is 13.2 Å². The first-order valence-electron chi connectivity index (χ1n) is 4.62. The lowest BCUT2D eigenvalue weighted by Crippen LogP contribution is -1.87. The minimum Gasteiger partial charge on any atom is -0.285 e. The molecule has 0 spiro atoms. The van der Waals surface area contributed by atoms with Crippen LogP contribution in [0.1, 0.15) is 35.1 Å². The van der Waals surface area contributed by atoms with Gasteiger partial charge in [-0.3, -0.25) is 4.79 Å². The van der Waals surface area contributed by atoms with E-state index in [1.807, 2.05) is 5.25 Å². The summed E-state index contributed by atoms with van der Waals surface area (Å²) in [4.78, 5) is 9.87. The molecule has 19 heavy (non-hydrogen) atoms. The van der Waals surface area contributed by atoms with Crippen LogP contribution >= 0.6 is 0 Å². The minimum atomic E-state index is -3.04. The SMILES string of the molecule is C.CC#CC#N.CC#CC(C)=O.CC#CS(C)(=O)=O. The first kappa shape index (κ1) is 25.6. The summed E-state index contributed by atoms with van der Waals surface area (Å²) in [6.07, 6.45) is 1.07. The van der Waals surface area contributed by atoms with Crippen LogP contribution < -0.4 is 0 Å². The summed E-state index contributed by atoms with van der Waals surface area (Å²) in [5.74, 6) is 11.6. The van der Waals surface area contributed by atoms with E-state index in [2.05, 4.69) is 29.6 Å². The third kappa shape index (κ3) is 65.1. The summed E-state index contributed by atoms with van der Waals surface area (Å²) in [5.41, 5.74) is 0. The summed E-state index contributed by atoms with van der Waals surface area (Å²) < 4.78 is 20.1. The largest absolute Gasteiger partial charge is 0.285 e. The van der Waals surface area contributed by atoms with Crippen LogP contribution in [0.3, 0.4) is 0 Å². The fraction of sp³-hybridized carbons (Fsp3) is 0.429. The molecule has 0 aromatic heterocycles. The van der Waals surface area contributed by atoms with Crippen molar-refractivity contribution in [2.45, 2.75) is 35.1 Å². The van der Waals surface area contributed by atoms with Crippen LogP contribution in [-0.2, 0) is 14.6 Å². The molecule has 0 rings (SSSR count). The monoisotopic (exact) mass is 281 g/mol. The zero-order valence-electron chi connectivity index (χ0n) is 11.1. The molecular weight excluding hydrogens is 262 g/mol. The Morgan fingerprint density at radius 3 is 1.53 bits per heavy atom. The van der Waals surface area contributed by atoms with Crippen LogP contribution in [0.4, 0.5) is 0 Å². The summed E-state index contributed by atoms with van der Waals surface area (Å²) in [5, 5.41) is 9.65. The molecule has 0 aliphatic carbocycles. The molecule has 0 amide bonds. The van der Waals surface area contributed by atoms with Crippen LogP contribution in [0.5, 0.6) is 0 Å². The molecule has 0 heterocycles. The van der Waals surface area contributed by atoms with Crippen LogP contribution in [0.15, 0.2) is 0 Å². The Kier molecular flexibility index (Phi) is 24.5. The molecule has 0 unspecified atom stereocenters. The highest BCUT2D eigenvalue weighted by atomic mass is 32.2. The van der Waals surface area contributed by atoms with Crippen molar-refractivity contribution in [3.8, 4) is 40.9 Å². The van der Waals surface area contributed by atoms with Crippen molar-refractivity contribution < 1.29 is 13.2 Å². The average molecular weight is 281 g/mol. The molecule has 0 aliphatic rings. The van der Waals surface area contributed by atoms with Crippen LogP contribution in [0.25, 0.3) is 0 Å².